The second-order valence-electron chi connectivity index (χ2n) is 7.24. The van der Waals surface area contributed by atoms with Crippen LogP contribution < -0.4 is 4.74 Å². The second-order valence-corrected chi connectivity index (χ2v) is 7.24. The van der Waals surface area contributed by atoms with Crippen LogP contribution in [-0.4, -0.2) is 28.7 Å². The molecule has 0 aliphatic carbocycles. The first kappa shape index (κ1) is 17.0. The smallest absolute Gasteiger partial charge is 0.143 e. The van der Waals surface area contributed by atoms with Gasteiger partial charge < -0.3 is 9.47 Å². The van der Waals surface area contributed by atoms with E-state index >= 15 is 0 Å². The molecule has 5 heteroatoms. The van der Waals surface area contributed by atoms with E-state index in [9.17, 15) is 0 Å². The number of aromatic nitrogens is 3. The van der Waals surface area contributed by atoms with Gasteiger partial charge >= 0.3 is 0 Å². The van der Waals surface area contributed by atoms with Crippen LogP contribution in [-0.2, 0) is 10.3 Å². The van der Waals surface area contributed by atoms with Gasteiger partial charge in [0.15, 0.2) is 0 Å². The monoisotopic (exact) mass is 371 g/mol. The molecule has 1 fully saturated rings. The van der Waals surface area contributed by atoms with Crippen molar-refractivity contribution in [2.75, 3.05) is 13.7 Å². The van der Waals surface area contributed by atoms with Crippen LogP contribution in [0.4, 0.5) is 0 Å². The fourth-order valence-corrected chi connectivity index (χ4v) is 3.87. The van der Waals surface area contributed by atoms with Crippen molar-refractivity contribution in [1.82, 2.24) is 15.0 Å². The van der Waals surface area contributed by atoms with E-state index in [1.165, 1.54) is 5.56 Å². The van der Waals surface area contributed by atoms with Crippen LogP contribution >= 0.6 is 0 Å². The van der Waals surface area contributed by atoms with E-state index in [4.69, 9.17) is 9.47 Å². The minimum atomic E-state index is -0.460. The lowest BCUT2D eigenvalue weighted by atomic mass is 9.86. The van der Waals surface area contributed by atoms with E-state index in [0.29, 0.717) is 6.61 Å². The molecule has 1 aliphatic rings. The van der Waals surface area contributed by atoms with Gasteiger partial charge in [-0.15, -0.1) is 5.10 Å². The molecule has 4 aromatic rings. The van der Waals surface area contributed by atoms with Gasteiger partial charge in [0.2, 0.25) is 0 Å². The van der Waals surface area contributed by atoms with Crippen molar-refractivity contribution in [1.29, 1.82) is 0 Å². The molecule has 0 radical (unpaired) electrons. The highest BCUT2D eigenvalue weighted by molar-refractivity contribution is 5.74. The highest BCUT2D eigenvalue weighted by Gasteiger charge is 2.55. The first-order valence-corrected chi connectivity index (χ1v) is 9.36. The molecule has 28 heavy (non-hydrogen) atoms. The van der Waals surface area contributed by atoms with Gasteiger partial charge in [0.05, 0.1) is 19.2 Å². The van der Waals surface area contributed by atoms with Crippen LogP contribution in [0.25, 0.3) is 11.0 Å². The van der Waals surface area contributed by atoms with Gasteiger partial charge in [-0.05, 0) is 42.3 Å². The summed E-state index contributed by atoms with van der Waals surface area (Å²) in [5.41, 5.74) is 4.89. The molecule has 1 saturated heterocycles. The Morgan fingerprint density at radius 1 is 1.00 bits per heavy atom. The zero-order valence-electron chi connectivity index (χ0n) is 15.9. The lowest BCUT2D eigenvalue weighted by Gasteiger charge is -2.26. The number of fused-ring (bicyclic) bond motifs is 1. The molecule has 2 unspecified atom stereocenters. The molecule has 1 aliphatic heterocycles. The number of epoxide rings is 1. The Morgan fingerprint density at radius 3 is 2.39 bits per heavy atom. The van der Waals surface area contributed by atoms with E-state index in [0.717, 1.165) is 27.9 Å². The first-order chi connectivity index (χ1) is 13.7. The number of ether oxygens (including phenoxy) is 2. The van der Waals surface area contributed by atoms with Crippen LogP contribution in [0.15, 0.2) is 72.8 Å². The average molecular weight is 371 g/mol. The van der Waals surface area contributed by atoms with Crippen LogP contribution in [0.5, 0.6) is 5.75 Å². The molecular weight excluding hydrogens is 350 g/mol. The maximum absolute atomic E-state index is 6.15. The van der Waals surface area contributed by atoms with Crippen molar-refractivity contribution in [2.24, 2.45) is 0 Å². The molecule has 1 aromatic heterocycles. The van der Waals surface area contributed by atoms with E-state index in [-0.39, 0.29) is 6.04 Å². The fraction of sp³-hybridized carbons (Fsp3) is 0.217. The predicted molar refractivity (Wildman–Crippen MR) is 107 cm³/mol. The standard InChI is InChI=1S/C23H21N3O2/c1-16-7-11-18(12-8-16)23(15-28-23)22(17-9-13-19(27-2)14-10-17)26-21-6-4-3-5-20(21)24-25-26/h3-14,22H,15H2,1-2H3. The average Bonchev–Trinajstić information content (AvgIpc) is 3.43. The van der Waals surface area contributed by atoms with Crippen LogP contribution in [0.3, 0.4) is 0 Å². The van der Waals surface area contributed by atoms with Crippen LogP contribution in [0, 0.1) is 6.92 Å². The third-order valence-corrected chi connectivity index (χ3v) is 5.49. The minimum absolute atomic E-state index is 0.131. The normalized spacial score (nSPS) is 19.5. The molecule has 3 aromatic carbocycles. The minimum Gasteiger partial charge on any atom is -0.497 e. The van der Waals surface area contributed by atoms with Crippen molar-refractivity contribution in [2.45, 2.75) is 18.6 Å². The largest absolute Gasteiger partial charge is 0.497 e. The molecule has 0 amide bonds. The Balaban J connectivity index is 1.69. The maximum Gasteiger partial charge on any atom is 0.143 e. The number of hydrogen-bond donors (Lipinski definition) is 0. The third-order valence-electron chi connectivity index (χ3n) is 5.49. The Kier molecular flexibility index (Phi) is 3.91. The zero-order valence-corrected chi connectivity index (χ0v) is 15.9. The van der Waals surface area contributed by atoms with Crippen molar-refractivity contribution < 1.29 is 9.47 Å². The van der Waals surface area contributed by atoms with Crippen molar-refractivity contribution in [3.05, 3.63) is 89.5 Å². The third kappa shape index (κ3) is 2.67. The fourth-order valence-electron chi connectivity index (χ4n) is 3.87. The second kappa shape index (κ2) is 6.46. The van der Waals surface area contributed by atoms with Crippen LogP contribution in [0.1, 0.15) is 22.7 Å². The molecule has 0 saturated carbocycles. The summed E-state index contributed by atoms with van der Waals surface area (Å²) in [4.78, 5) is 0. The predicted octanol–water partition coefficient (Wildman–Crippen LogP) is 4.26. The van der Waals surface area contributed by atoms with Gasteiger partial charge in [0, 0.05) is 0 Å². The first-order valence-electron chi connectivity index (χ1n) is 9.36. The summed E-state index contributed by atoms with van der Waals surface area (Å²) < 4.78 is 13.5. The summed E-state index contributed by atoms with van der Waals surface area (Å²) in [6.45, 7) is 2.73. The number of hydrogen-bond acceptors (Lipinski definition) is 4. The molecular formula is C23H21N3O2. The van der Waals surface area contributed by atoms with E-state index in [1.54, 1.807) is 7.11 Å². The number of nitrogens with zero attached hydrogens (tertiary/aromatic N) is 3. The number of methoxy groups -OCH3 is 1. The summed E-state index contributed by atoms with van der Waals surface area (Å²) in [7, 11) is 1.68. The summed E-state index contributed by atoms with van der Waals surface area (Å²) >= 11 is 0. The van der Waals surface area contributed by atoms with Gasteiger partial charge in [-0.25, -0.2) is 4.68 Å². The Hall–Kier alpha value is -3.18. The Bertz CT molecular complexity index is 1110. The molecule has 0 bridgehead atoms. The molecule has 0 N–H and O–H groups in total. The van der Waals surface area contributed by atoms with Crippen molar-refractivity contribution in [3.63, 3.8) is 0 Å². The number of rotatable bonds is 5. The van der Waals surface area contributed by atoms with Gasteiger partial charge in [0.1, 0.15) is 22.9 Å². The van der Waals surface area contributed by atoms with E-state index < -0.39 is 5.60 Å². The number of para-hydroxylation sites is 1. The molecule has 0 spiro atoms. The topological polar surface area (TPSA) is 52.5 Å². The lowest BCUT2D eigenvalue weighted by molar-refractivity contribution is 0.235. The van der Waals surface area contributed by atoms with Gasteiger partial charge in [-0.2, -0.15) is 0 Å². The van der Waals surface area contributed by atoms with Crippen molar-refractivity contribution in [3.8, 4) is 5.75 Å². The lowest BCUT2D eigenvalue weighted by Crippen LogP contribution is -2.28. The molecule has 2 atom stereocenters. The summed E-state index contributed by atoms with van der Waals surface area (Å²) in [5, 5.41) is 8.90. The molecule has 140 valence electrons. The number of benzene rings is 3. The zero-order chi connectivity index (χ0) is 19.1. The van der Waals surface area contributed by atoms with Crippen LogP contribution in [0.2, 0.25) is 0 Å². The van der Waals surface area contributed by atoms with Crippen molar-refractivity contribution >= 4 is 11.0 Å². The number of aryl methyl sites for hydroxylation is 1. The van der Waals surface area contributed by atoms with E-state index in [2.05, 4.69) is 59.7 Å². The van der Waals surface area contributed by atoms with Gasteiger partial charge in [0.25, 0.3) is 0 Å². The molecule has 5 rings (SSSR count). The molecule has 5 nitrogen and oxygen atoms in total. The quantitative estimate of drug-likeness (QED) is 0.492. The highest BCUT2D eigenvalue weighted by Crippen LogP contribution is 2.51. The Labute approximate surface area is 163 Å². The van der Waals surface area contributed by atoms with E-state index in [1.807, 2.05) is 35.0 Å². The SMILES string of the molecule is COc1ccc(C(n2nnc3ccccc32)C2(c3ccc(C)cc3)CO2)cc1. The van der Waals surface area contributed by atoms with Gasteiger partial charge in [-0.1, -0.05) is 59.3 Å². The summed E-state index contributed by atoms with van der Waals surface area (Å²) in [6, 6.07) is 24.6. The highest BCUT2D eigenvalue weighted by atomic mass is 16.6. The summed E-state index contributed by atoms with van der Waals surface area (Å²) in [5.74, 6) is 0.826. The maximum atomic E-state index is 6.15. The summed E-state index contributed by atoms with van der Waals surface area (Å²) in [6.07, 6.45) is 0. The Morgan fingerprint density at radius 2 is 1.71 bits per heavy atom. The molecule has 2 heterocycles. The van der Waals surface area contributed by atoms with Gasteiger partial charge in [-0.3, -0.25) is 0 Å².